The lowest BCUT2D eigenvalue weighted by Gasteiger charge is -2.63. The van der Waals surface area contributed by atoms with Crippen molar-refractivity contribution in [3.8, 4) is 0 Å². The van der Waals surface area contributed by atoms with E-state index in [1.165, 1.54) is 49.1 Å². The number of amides is 1. The van der Waals surface area contributed by atoms with E-state index in [9.17, 15) is 4.79 Å². The Balaban J connectivity index is 1.28. The maximum Gasteiger partial charge on any atom is 0.263 e. The summed E-state index contributed by atoms with van der Waals surface area (Å²) >= 11 is 1.62. The van der Waals surface area contributed by atoms with Crippen molar-refractivity contribution in [2.24, 2.45) is 5.41 Å². The Bertz CT molecular complexity index is 850. The van der Waals surface area contributed by atoms with Gasteiger partial charge in [0.05, 0.1) is 4.88 Å². The molecule has 5 heteroatoms. The van der Waals surface area contributed by atoms with Crippen molar-refractivity contribution in [2.45, 2.75) is 64.0 Å². The Kier molecular flexibility index (Phi) is 5.21. The van der Waals surface area contributed by atoms with Crippen LogP contribution in [0.2, 0.25) is 0 Å². The van der Waals surface area contributed by atoms with Gasteiger partial charge in [0.2, 0.25) is 0 Å². The lowest BCUT2D eigenvalue weighted by atomic mass is 9.60. The number of hydrogen-bond acceptors (Lipinski definition) is 4. The fourth-order valence-corrected chi connectivity index (χ4v) is 6.84. The SMILES string of the molecule is Cc1ccc(C(=O)N2CCC(N3CC4(CCCCC4)C3c3ccncc3)CC2)s1. The third-order valence-electron chi connectivity index (χ3n) is 7.45. The van der Waals surface area contributed by atoms with E-state index in [1.54, 1.807) is 11.3 Å². The van der Waals surface area contributed by atoms with Gasteiger partial charge in [0.15, 0.2) is 0 Å². The number of nitrogens with zero attached hydrogens (tertiary/aromatic N) is 3. The number of hydrogen-bond donors (Lipinski definition) is 0. The average molecular weight is 410 g/mol. The summed E-state index contributed by atoms with van der Waals surface area (Å²) in [4.78, 5) is 24.0. The summed E-state index contributed by atoms with van der Waals surface area (Å²) < 4.78 is 0. The van der Waals surface area contributed by atoms with Crippen molar-refractivity contribution < 1.29 is 4.79 Å². The summed E-state index contributed by atoms with van der Waals surface area (Å²) in [6.07, 6.45) is 13.0. The van der Waals surface area contributed by atoms with Crippen molar-refractivity contribution in [3.05, 3.63) is 52.0 Å². The van der Waals surface area contributed by atoms with Crippen LogP contribution in [0.3, 0.4) is 0 Å². The molecule has 1 spiro atoms. The molecule has 154 valence electrons. The van der Waals surface area contributed by atoms with E-state index in [1.807, 2.05) is 24.5 Å². The average Bonchev–Trinajstić information content (AvgIpc) is 3.19. The maximum absolute atomic E-state index is 12.8. The first-order valence-electron chi connectivity index (χ1n) is 11.2. The van der Waals surface area contributed by atoms with Gasteiger partial charge in [-0.05, 0) is 62.4 Å². The highest BCUT2D eigenvalue weighted by Crippen LogP contribution is 2.58. The van der Waals surface area contributed by atoms with Gasteiger partial charge in [-0.25, -0.2) is 0 Å². The van der Waals surface area contributed by atoms with Crippen LogP contribution < -0.4 is 0 Å². The van der Waals surface area contributed by atoms with E-state index < -0.39 is 0 Å². The molecule has 5 rings (SSSR count). The van der Waals surface area contributed by atoms with Gasteiger partial charge in [-0.1, -0.05) is 19.3 Å². The molecule has 29 heavy (non-hydrogen) atoms. The number of rotatable bonds is 3. The number of carbonyl (C=O) groups is 1. The fraction of sp³-hybridized carbons (Fsp3) is 0.583. The molecule has 0 N–H and O–H groups in total. The summed E-state index contributed by atoms with van der Waals surface area (Å²) in [6, 6.07) is 9.62. The van der Waals surface area contributed by atoms with Gasteiger partial charge in [0, 0.05) is 54.4 Å². The van der Waals surface area contributed by atoms with E-state index in [2.05, 4.69) is 33.8 Å². The monoisotopic (exact) mass is 409 g/mol. The number of pyridine rings is 1. The predicted octanol–water partition coefficient (Wildman–Crippen LogP) is 5.06. The minimum atomic E-state index is 0.222. The third kappa shape index (κ3) is 3.53. The van der Waals surface area contributed by atoms with Crippen LogP contribution in [-0.4, -0.2) is 46.4 Å². The summed E-state index contributed by atoms with van der Waals surface area (Å²) in [5.41, 5.74) is 1.92. The highest BCUT2D eigenvalue weighted by Gasteiger charge is 2.55. The number of carbonyl (C=O) groups excluding carboxylic acids is 1. The van der Waals surface area contributed by atoms with Crippen molar-refractivity contribution in [1.29, 1.82) is 0 Å². The Hall–Kier alpha value is -1.72. The second-order valence-electron chi connectivity index (χ2n) is 9.21. The molecular weight excluding hydrogens is 378 g/mol. The number of likely N-dealkylation sites (tertiary alicyclic amines) is 2. The standard InChI is InChI=1S/C24H31N3OS/c1-18-5-6-21(29-18)23(28)26-15-9-20(10-16-26)27-17-24(11-3-2-4-12-24)22(27)19-7-13-25-14-8-19/h5-8,13-14,20,22H,2-4,9-12,15-17H2,1H3. The molecule has 3 fully saturated rings. The number of piperidine rings is 1. The highest BCUT2D eigenvalue weighted by atomic mass is 32.1. The van der Waals surface area contributed by atoms with Crippen LogP contribution in [0.15, 0.2) is 36.7 Å². The molecule has 4 nitrogen and oxygen atoms in total. The zero-order valence-corrected chi connectivity index (χ0v) is 18.2. The fourth-order valence-electron chi connectivity index (χ4n) is 6.00. The second-order valence-corrected chi connectivity index (χ2v) is 10.5. The predicted molar refractivity (Wildman–Crippen MR) is 117 cm³/mol. The maximum atomic E-state index is 12.8. The molecule has 1 amide bonds. The Morgan fingerprint density at radius 1 is 1.07 bits per heavy atom. The largest absolute Gasteiger partial charge is 0.338 e. The molecule has 1 atom stereocenters. The van der Waals surface area contributed by atoms with Gasteiger partial charge >= 0.3 is 0 Å². The zero-order valence-electron chi connectivity index (χ0n) is 17.3. The van der Waals surface area contributed by atoms with Crippen LogP contribution in [0.5, 0.6) is 0 Å². The molecule has 0 bridgehead atoms. The molecule has 2 aromatic rings. The summed E-state index contributed by atoms with van der Waals surface area (Å²) in [7, 11) is 0. The molecule has 2 aromatic heterocycles. The van der Waals surface area contributed by atoms with Crippen LogP contribution in [0.4, 0.5) is 0 Å². The molecule has 4 heterocycles. The van der Waals surface area contributed by atoms with Crippen LogP contribution in [0, 0.1) is 12.3 Å². The molecule has 2 saturated heterocycles. The molecule has 3 aliphatic rings. The smallest absolute Gasteiger partial charge is 0.263 e. The van der Waals surface area contributed by atoms with Crippen molar-refractivity contribution >= 4 is 17.2 Å². The second kappa shape index (κ2) is 7.84. The minimum Gasteiger partial charge on any atom is -0.338 e. The molecule has 1 aliphatic carbocycles. The summed E-state index contributed by atoms with van der Waals surface area (Å²) in [6.45, 7) is 5.07. The first kappa shape index (κ1) is 19.3. The normalized spacial score (nSPS) is 25.1. The van der Waals surface area contributed by atoms with Crippen LogP contribution in [0.1, 0.15) is 71.1 Å². The van der Waals surface area contributed by atoms with Crippen molar-refractivity contribution in [1.82, 2.24) is 14.8 Å². The Labute approximate surface area is 177 Å². The van der Waals surface area contributed by atoms with Gasteiger partial charge in [-0.3, -0.25) is 14.7 Å². The molecule has 0 aromatic carbocycles. The van der Waals surface area contributed by atoms with E-state index in [-0.39, 0.29) is 5.91 Å². The number of aryl methyl sites for hydroxylation is 1. The molecule has 2 aliphatic heterocycles. The summed E-state index contributed by atoms with van der Waals surface area (Å²) in [5.74, 6) is 0.222. The van der Waals surface area contributed by atoms with E-state index >= 15 is 0 Å². The van der Waals surface area contributed by atoms with Gasteiger partial charge in [-0.2, -0.15) is 0 Å². The van der Waals surface area contributed by atoms with Gasteiger partial charge < -0.3 is 4.90 Å². The van der Waals surface area contributed by atoms with E-state index in [0.717, 1.165) is 30.8 Å². The quantitative estimate of drug-likeness (QED) is 0.711. The lowest BCUT2D eigenvalue weighted by Crippen LogP contribution is -2.63. The number of aromatic nitrogens is 1. The van der Waals surface area contributed by atoms with Crippen LogP contribution in [-0.2, 0) is 0 Å². The highest BCUT2D eigenvalue weighted by molar-refractivity contribution is 7.13. The zero-order chi connectivity index (χ0) is 19.8. The number of thiophene rings is 1. The molecule has 0 radical (unpaired) electrons. The Morgan fingerprint density at radius 3 is 2.45 bits per heavy atom. The van der Waals surface area contributed by atoms with E-state index in [0.29, 0.717) is 17.5 Å². The minimum absolute atomic E-state index is 0.222. The van der Waals surface area contributed by atoms with E-state index in [4.69, 9.17) is 0 Å². The van der Waals surface area contributed by atoms with Gasteiger partial charge in [0.1, 0.15) is 0 Å². The lowest BCUT2D eigenvalue weighted by molar-refractivity contribution is -0.132. The first-order chi connectivity index (χ1) is 14.2. The molecule has 1 saturated carbocycles. The Morgan fingerprint density at radius 2 is 1.79 bits per heavy atom. The third-order valence-corrected chi connectivity index (χ3v) is 8.44. The van der Waals surface area contributed by atoms with Crippen molar-refractivity contribution in [2.75, 3.05) is 19.6 Å². The van der Waals surface area contributed by atoms with Crippen LogP contribution in [0.25, 0.3) is 0 Å². The first-order valence-corrected chi connectivity index (χ1v) is 12.0. The van der Waals surface area contributed by atoms with Crippen LogP contribution >= 0.6 is 11.3 Å². The van der Waals surface area contributed by atoms with Gasteiger partial charge in [-0.15, -0.1) is 11.3 Å². The summed E-state index contributed by atoms with van der Waals surface area (Å²) in [5, 5.41) is 0. The molecular formula is C24H31N3OS. The molecule has 1 unspecified atom stereocenters. The van der Waals surface area contributed by atoms with Crippen molar-refractivity contribution in [3.63, 3.8) is 0 Å². The topological polar surface area (TPSA) is 36.4 Å². The van der Waals surface area contributed by atoms with Gasteiger partial charge in [0.25, 0.3) is 5.91 Å².